The lowest BCUT2D eigenvalue weighted by Crippen LogP contribution is -2.33. The van der Waals surface area contributed by atoms with E-state index in [0.29, 0.717) is 16.6 Å². The van der Waals surface area contributed by atoms with Gasteiger partial charge in [-0.15, -0.1) is 0 Å². The van der Waals surface area contributed by atoms with Crippen LogP contribution in [-0.4, -0.2) is 27.4 Å². The molecule has 1 aliphatic heterocycles. The third kappa shape index (κ3) is 2.56. The normalized spacial score (nSPS) is 15.9. The molecule has 0 unspecified atom stereocenters. The minimum atomic E-state index is 0.312. The maximum atomic E-state index is 9.22. The summed E-state index contributed by atoms with van der Waals surface area (Å²) in [5, 5.41) is 10.4. The van der Waals surface area contributed by atoms with Crippen molar-refractivity contribution < 1.29 is 0 Å². The number of para-hydroxylation sites is 2. The first-order chi connectivity index (χ1) is 11.3. The van der Waals surface area contributed by atoms with Gasteiger partial charge in [0.1, 0.15) is 22.5 Å². The summed E-state index contributed by atoms with van der Waals surface area (Å²) in [6.45, 7) is 1.77. The van der Waals surface area contributed by atoms with E-state index in [1.165, 1.54) is 11.5 Å². The number of nitrogens with one attached hydrogen (secondary N) is 1. The van der Waals surface area contributed by atoms with Crippen LogP contribution in [0.15, 0.2) is 24.3 Å². The van der Waals surface area contributed by atoms with Gasteiger partial charge >= 0.3 is 0 Å². The van der Waals surface area contributed by atoms with Gasteiger partial charge in [0.25, 0.3) is 0 Å². The number of rotatable bonds is 2. The molecule has 1 aliphatic rings. The summed E-state index contributed by atoms with van der Waals surface area (Å²) >= 11 is 7.28. The third-order valence-corrected chi connectivity index (χ3v) is 5.60. The van der Waals surface area contributed by atoms with Crippen molar-refractivity contribution in [2.75, 3.05) is 18.0 Å². The smallest absolute Gasteiger partial charge is 0.162 e. The van der Waals surface area contributed by atoms with E-state index in [0.717, 1.165) is 47.8 Å². The molecule has 1 saturated heterocycles. The van der Waals surface area contributed by atoms with Crippen molar-refractivity contribution in [3.63, 3.8) is 0 Å². The average molecular weight is 344 g/mol. The van der Waals surface area contributed by atoms with Crippen LogP contribution in [0, 0.1) is 11.3 Å². The van der Waals surface area contributed by atoms with Gasteiger partial charge in [-0.1, -0.05) is 23.7 Å². The van der Waals surface area contributed by atoms with Crippen LogP contribution in [0.5, 0.6) is 0 Å². The van der Waals surface area contributed by atoms with E-state index in [2.05, 4.69) is 26.4 Å². The number of fused-ring (bicyclic) bond motifs is 1. The van der Waals surface area contributed by atoms with Crippen molar-refractivity contribution in [1.82, 2.24) is 14.3 Å². The number of aromatic amines is 1. The van der Waals surface area contributed by atoms with Crippen LogP contribution in [0.3, 0.4) is 0 Å². The average Bonchev–Trinajstić information content (AvgIpc) is 3.18. The van der Waals surface area contributed by atoms with E-state index < -0.39 is 0 Å². The largest absolute Gasteiger partial charge is 0.361 e. The zero-order chi connectivity index (χ0) is 15.8. The van der Waals surface area contributed by atoms with Crippen LogP contribution in [0.4, 0.5) is 5.00 Å². The molecule has 5 nitrogen and oxygen atoms in total. The van der Waals surface area contributed by atoms with Crippen LogP contribution in [0.1, 0.15) is 30.1 Å². The lowest BCUT2D eigenvalue weighted by atomic mass is 9.96. The highest BCUT2D eigenvalue weighted by molar-refractivity contribution is 7.10. The van der Waals surface area contributed by atoms with Crippen LogP contribution in [0.2, 0.25) is 5.15 Å². The minimum Gasteiger partial charge on any atom is -0.361 e. The van der Waals surface area contributed by atoms with Crippen molar-refractivity contribution in [2.24, 2.45) is 0 Å². The van der Waals surface area contributed by atoms with Crippen molar-refractivity contribution in [2.45, 2.75) is 18.8 Å². The maximum Gasteiger partial charge on any atom is 0.162 e. The molecule has 0 atom stereocenters. The van der Waals surface area contributed by atoms with Crippen molar-refractivity contribution in [3.8, 4) is 6.07 Å². The van der Waals surface area contributed by atoms with E-state index >= 15 is 0 Å². The number of hydrogen-bond acceptors (Lipinski definition) is 5. The molecule has 0 aliphatic carbocycles. The molecule has 0 amide bonds. The molecule has 3 aromatic rings. The molecule has 7 heteroatoms. The first-order valence-corrected chi connectivity index (χ1v) is 8.66. The second-order valence-electron chi connectivity index (χ2n) is 5.67. The molecular formula is C16H14ClN5S. The number of nitrogens with zero attached hydrogens (tertiary/aromatic N) is 4. The van der Waals surface area contributed by atoms with Gasteiger partial charge in [0.15, 0.2) is 5.15 Å². The van der Waals surface area contributed by atoms with Gasteiger partial charge < -0.3 is 9.88 Å². The van der Waals surface area contributed by atoms with E-state index in [1.54, 1.807) is 0 Å². The zero-order valence-corrected chi connectivity index (χ0v) is 13.9. The molecule has 0 saturated carbocycles. The molecule has 1 N–H and O–H groups in total. The second kappa shape index (κ2) is 5.84. The molecule has 0 spiro atoms. The van der Waals surface area contributed by atoms with Crippen molar-refractivity contribution in [1.29, 1.82) is 5.26 Å². The van der Waals surface area contributed by atoms with Gasteiger partial charge in [-0.2, -0.15) is 9.64 Å². The minimum absolute atomic E-state index is 0.312. The Labute approximate surface area is 142 Å². The van der Waals surface area contributed by atoms with Crippen molar-refractivity contribution in [3.05, 3.63) is 40.8 Å². The predicted molar refractivity (Wildman–Crippen MR) is 92.1 cm³/mol. The Kier molecular flexibility index (Phi) is 3.68. The molecule has 0 radical (unpaired) electrons. The molecular weight excluding hydrogens is 330 g/mol. The van der Waals surface area contributed by atoms with E-state index in [1.807, 2.05) is 18.2 Å². The fraction of sp³-hybridized carbons (Fsp3) is 0.312. The highest BCUT2D eigenvalue weighted by Gasteiger charge is 2.26. The van der Waals surface area contributed by atoms with Gasteiger partial charge in [-0.25, -0.2) is 4.98 Å². The quantitative estimate of drug-likeness (QED) is 0.765. The summed E-state index contributed by atoms with van der Waals surface area (Å²) < 4.78 is 4.09. The molecule has 116 valence electrons. The van der Waals surface area contributed by atoms with Crippen LogP contribution in [0.25, 0.3) is 11.0 Å². The molecule has 1 fully saturated rings. The van der Waals surface area contributed by atoms with Gasteiger partial charge in [0, 0.05) is 19.0 Å². The van der Waals surface area contributed by atoms with Gasteiger partial charge in [-0.05, 0) is 36.5 Å². The SMILES string of the molecule is N#Cc1c(Cl)nsc1N1CCC(c2nc3ccccc3[nH]2)CC1. The number of benzene rings is 1. The van der Waals surface area contributed by atoms with Gasteiger partial charge in [-0.3, -0.25) is 0 Å². The Morgan fingerprint density at radius 3 is 2.83 bits per heavy atom. The maximum absolute atomic E-state index is 9.22. The number of imidazole rings is 1. The first-order valence-electron chi connectivity index (χ1n) is 7.51. The number of H-pyrrole nitrogens is 1. The fourth-order valence-corrected chi connectivity index (χ4v) is 4.18. The van der Waals surface area contributed by atoms with E-state index in [-0.39, 0.29) is 0 Å². The summed E-state index contributed by atoms with van der Waals surface area (Å²) in [5.74, 6) is 1.49. The summed E-state index contributed by atoms with van der Waals surface area (Å²) in [7, 11) is 0. The number of hydrogen-bond donors (Lipinski definition) is 1. The lowest BCUT2D eigenvalue weighted by Gasteiger charge is -2.31. The molecule has 4 rings (SSSR count). The Hall–Kier alpha value is -2.10. The summed E-state index contributed by atoms with van der Waals surface area (Å²) in [6, 6.07) is 10.3. The second-order valence-corrected chi connectivity index (χ2v) is 6.78. The molecule has 3 heterocycles. The zero-order valence-electron chi connectivity index (χ0n) is 12.3. The predicted octanol–water partition coefficient (Wildman–Crippen LogP) is 3.93. The summed E-state index contributed by atoms with van der Waals surface area (Å²) in [6.07, 6.45) is 2.00. The van der Waals surface area contributed by atoms with Crippen LogP contribution >= 0.6 is 23.1 Å². The summed E-state index contributed by atoms with van der Waals surface area (Å²) in [5.41, 5.74) is 2.61. The monoisotopic (exact) mass is 343 g/mol. The lowest BCUT2D eigenvalue weighted by molar-refractivity contribution is 0.491. The Balaban J connectivity index is 1.51. The topological polar surface area (TPSA) is 68.6 Å². The van der Waals surface area contributed by atoms with Crippen molar-refractivity contribution >= 4 is 39.2 Å². The van der Waals surface area contributed by atoms with E-state index in [4.69, 9.17) is 16.6 Å². The molecule has 23 heavy (non-hydrogen) atoms. The highest BCUT2D eigenvalue weighted by Crippen LogP contribution is 2.35. The Morgan fingerprint density at radius 2 is 2.09 bits per heavy atom. The Morgan fingerprint density at radius 1 is 1.30 bits per heavy atom. The summed E-state index contributed by atoms with van der Waals surface area (Å²) in [4.78, 5) is 10.4. The number of nitriles is 1. The molecule has 0 bridgehead atoms. The van der Waals surface area contributed by atoms with E-state index in [9.17, 15) is 5.26 Å². The van der Waals surface area contributed by atoms with Crippen LogP contribution in [-0.2, 0) is 0 Å². The van der Waals surface area contributed by atoms with Gasteiger partial charge in [0.2, 0.25) is 0 Å². The van der Waals surface area contributed by atoms with Gasteiger partial charge in [0.05, 0.1) is 11.0 Å². The Bertz CT molecular complexity index is 852. The first kappa shape index (κ1) is 14.5. The molecule has 2 aromatic heterocycles. The number of aromatic nitrogens is 3. The third-order valence-electron chi connectivity index (χ3n) is 4.32. The van der Waals surface area contributed by atoms with Crippen LogP contribution < -0.4 is 4.90 Å². The number of piperidine rings is 1. The number of halogens is 1. The highest BCUT2D eigenvalue weighted by atomic mass is 35.5. The molecule has 1 aromatic carbocycles. The number of anilines is 1. The standard InChI is InChI=1S/C16H14ClN5S/c17-14-11(9-18)16(23-21-14)22-7-5-10(6-8-22)15-19-12-3-1-2-4-13(12)20-15/h1-4,10H,5-8H2,(H,19,20). The fourth-order valence-electron chi connectivity index (χ4n) is 3.09.